The Kier molecular flexibility index (Phi) is 5.56. The van der Waals surface area contributed by atoms with Crippen LogP contribution < -0.4 is 10.1 Å². The van der Waals surface area contributed by atoms with E-state index in [1.165, 1.54) is 5.56 Å². The summed E-state index contributed by atoms with van der Waals surface area (Å²) in [4.78, 5) is 4.98. The first kappa shape index (κ1) is 19.5. The monoisotopic (exact) mass is 406 g/mol. The minimum atomic E-state index is -0.217. The predicted octanol–water partition coefficient (Wildman–Crippen LogP) is 5.59. The van der Waals surface area contributed by atoms with Crippen molar-refractivity contribution in [1.29, 1.82) is 0 Å². The van der Waals surface area contributed by atoms with Crippen LogP contribution in [0.4, 0.5) is 0 Å². The number of aliphatic imine (C=N–C) groups is 1. The Morgan fingerprint density at radius 2 is 1.76 bits per heavy atom. The Labute approximate surface area is 175 Å². The molecule has 0 saturated carbocycles. The van der Waals surface area contributed by atoms with Gasteiger partial charge in [0.05, 0.1) is 7.11 Å². The number of aryl methyl sites for hydroxylation is 1. The lowest BCUT2D eigenvalue weighted by atomic mass is 9.93. The zero-order chi connectivity index (χ0) is 20.4. The van der Waals surface area contributed by atoms with Crippen molar-refractivity contribution in [3.8, 4) is 11.5 Å². The Balaban J connectivity index is 1.76. The number of aromatic hydroxyl groups is 1. The fourth-order valence-corrected chi connectivity index (χ4v) is 3.75. The molecule has 3 aromatic rings. The van der Waals surface area contributed by atoms with Gasteiger partial charge in [0.25, 0.3) is 0 Å². The first-order valence-corrected chi connectivity index (χ1v) is 9.94. The van der Waals surface area contributed by atoms with Crippen LogP contribution in [0.1, 0.15) is 40.9 Å². The second-order valence-electron chi connectivity index (χ2n) is 7.22. The number of halogens is 1. The van der Waals surface area contributed by atoms with Gasteiger partial charge in [-0.3, -0.25) is 10.3 Å². The molecule has 0 fully saturated rings. The lowest BCUT2D eigenvalue weighted by molar-refractivity contribution is 0.360. The molecule has 1 heterocycles. The van der Waals surface area contributed by atoms with Gasteiger partial charge in [0.15, 0.2) is 11.5 Å². The van der Waals surface area contributed by atoms with Gasteiger partial charge < -0.3 is 9.84 Å². The predicted molar refractivity (Wildman–Crippen MR) is 117 cm³/mol. The van der Waals surface area contributed by atoms with E-state index < -0.39 is 0 Å². The molecule has 3 aromatic carbocycles. The van der Waals surface area contributed by atoms with Gasteiger partial charge in [-0.25, -0.2) is 0 Å². The molecule has 4 rings (SSSR count). The van der Waals surface area contributed by atoms with Crippen molar-refractivity contribution in [1.82, 2.24) is 5.32 Å². The molecule has 2 N–H and O–H groups in total. The number of rotatable bonds is 4. The summed E-state index contributed by atoms with van der Waals surface area (Å²) in [6, 6.07) is 21.5. The third kappa shape index (κ3) is 4.14. The van der Waals surface area contributed by atoms with Crippen LogP contribution in [0.5, 0.6) is 11.5 Å². The van der Waals surface area contributed by atoms with E-state index in [1.54, 1.807) is 13.2 Å². The maximum absolute atomic E-state index is 10.7. The van der Waals surface area contributed by atoms with E-state index in [1.807, 2.05) is 36.4 Å². The average Bonchev–Trinajstić information content (AvgIpc) is 2.74. The van der Waals surface area contributed by atoms with Crippen LogP contribution in [-0.2, 0) is 0 Å². The number of phenolic OH excluding ortho intramolecular Hbond substituents is 1. The molecular weight excluding hydrogens is 384 g/mol. The highest BCUT2D eigenvalue weighted by Gasteiger charge is 2.28. The van der Waals surface area contributed by atoms with E-state index in [9.17, 15) is 5.11 Å². The number of hydrogen-bond acceptors (Lipinski definition) is 4. The molecule has 0 amide bonds. The number of nitrogens with zero attached hydrogens (tertiary/aromatic N) is 1. The summed E-state index contributed by atoms with van der Waals surface area (Å²) in [6.07, 6.45) is 0.427. The van der Waals surface area contributed by atoms with Crippen molar-refractivity contribution in [2.45, 2.75) is 25.6 Å². The van der Waals surface area contributed by atoms with Gasteiger partial charge in [0.1, 0.15) is 6.17 Å². The summed E-state index contributed by atoms with van der Waals surface area (Å²) in [5.41, 5.74) is 5.07. The van der Waals surface area contributed by atoms with Gasteiger partial charge in [-0.2, -0.15) is 0 Å². The lowest BCUT2D eigenvalue weighted by Gasteiger charge is -2.31. The molecule has 0 spiro atoms. The van der Waals surface area contributed by atoms with Crippen molar-refractivity contribution >= 4 is 17.3 Å². The minimum Gasteiger partial charge on any atom is -0.504 e. The first-order chi connectivity index (χ1) is 14.0. The number of para-hydroxylation sites is 1. The molecule has 0 saturated heterocycles. The number of phenols is 1. The van der Waals surface area contributed by atoms with Crippen LogP contribution in [0, 0.1) is 6.92 Å². The van der Waals surface area contributed by atoms with Gasteiger partial charge >= 0.3 is 0 Å². The van der Waals surface area contributed by atoms with Crippen LogP contribution in [0.25, 0.3) is 0 Å². The van der Waals surface area contributed by atoms with Gasteiger partial charge in [-0.05, 0) is 36.2 Å². The number of ether oxygens (including phenoxy) is 1. The van der Waals surface area contributed by atoms with Gasteiger partial charge in [0.2, 0.25) is 0 Å². The largest absolute Gasteiger partial charge is 0.504 e. The highest BCUT2D eigenvalue weighted by atomic mass is 35.5. The quantitative estimate of drug-likeness (QED) is 0.594. The van der Waals surface area contributed by atoms with Gasteiger partial charge in [-0.1, -0.05) is 65.7 Å². The van der Waals surface area contributed by atoms with E-state index in [0.717, 1.165) is 22.4 Å². The van der Waals surface area contributed by atoms with Crippen LogP contribution in [-0.4, -0.2) is 17.9 Å². The zero-order valence-corrected chi connectivity index (χ0v) is 17.1. The fourth-order valence-electron chi connectivity index (χ4n) is 3.63. The average molecular weight is 407 g/mol. The summed E-state index contributed by atoms with van der Waals surface area (Å²) >= 11 is 6.07. The molecule has 0 bridgehead atoms. The second-order valence-corrected chi connectivity index (χ2v) is 7.65. The van der Waals surface area contributed by atoms with Crippen LogP contribution in [0.2, 0.25) is 5.02 Å². The molecule has 1 aliphatic rings. The highest BCUT2D eigenvalue weighted by molar-refractivity contribution is 6.30. The summed E-state index contributed by atoms with van der Waals surface area (Å²) in [7, 11) is 1.56. The van der Waals surface area contributed by atoms with Gasteiger partial charge in [0, 0.05) is 28.8 Å². The molecule has 0 radical (unpaired) electrons. The molecule has 5 heteroatoms. The lowest BCUT2D eigenvalue weighted by Crippen LogP contribution is -2.33. The second kappa shape index (κ2) is 8.27. The summed E-state index contributed by atoms with van der Waals surface area (Å²) < 4.78 is 5.30. The van der Waals surface area contributed by atoms with Crippen molar-refractivity contribution in [2.75, 3.05) is 7.11 Å². The maximum atomic E-state index is 10.7. The van der Waals surface area contributed by atoms with Crippen molar-refractivity contribution in [2.24, 2.45) is 4.99 Å². The van der Waals surface area contributed by atoms with Crippen LogP contribution in [0.3, 0.4) is 0 Å². The Bertz CT molecular complexity index is 1030. The van der Waals surface area contributed by atoms with Crippen molar-refractivity contribution in [3.63, 3.8) is 0 Å². The molecule has 2 atom stereocenters. The van der Waals surface area contributed by atoms with E-state index >= 15 is 0 Å². The summed E-state index contributed by atoms with van der Waals surface area (Å²) in [5, 5.41) is 15.0. The highest BCUT2D eigenvalue weighted by Crippen LogP contribution is 2.38. The molecule has 29 heavy (non-hydrogen) atoms. The third-order valence-electron chi connectivity index (χ3n) is 5.24. The minimum absolute atomic E-state index is 0.111. The smallest absolute Gasteiger partial charge is 0.162 e. The molecule has 1 aliphatic heterocycles. The molecular formula is C24H23ClN2O2. The van der Waals surface area contributed by atoms with E-state index in [2.05, 4.69) is 36.5 Å². The van der Waals surface area contributed by atoms with Crippen molar-refractivity contribution < 1.29 is 9.84 Å². The first-order valence-electron chi connectivity index (χ1n) is 9.56. The van der Waals surface area contributed by atoms with Gasteiger partial charge in [-0.15, -0.1) is 0 Å². The van der Waals surface area contributed by atoms with E-state index in [0.29, 0.717) is 17.2 Å². The van der Waals surface area contributed by atoms with E-state index in [-0.39, 0.29) is 18.0 Å². The Morgan fingerprint density at radius 1 is 1.03 bits per heavy atom. The molecule has 4 nitrogen and oxygen atoms in total. The summed E-state index contributed by atoms with van der Waals surface area (Å²) in [5.74, 6) is 0.624. The van der Waals surface area contributed by atoms with Crippen molar-refractivity contribution in [3.05, 3.63) is 94.0 Å². The molecule has 0 unspecified atom stereocenters. The van der Waals surface area contributed by atoms with Crippen LogP contribution in [0.15, 0.2) is 71.7 Å². The standard InChI is InChI=1S/C24H23ClN2O2/c1-15-6-8-17(9-7-15)24-26-20(16-10-12-18(25)13-11-16)14-21(27-24)19-4-3-5-22(29-2)23(19)28/h3-13,21,24,27-28H,14H2,1-2H3/t21-,24+/m0/s1. The topological polar surface area (TPSA) is 53.8 Å². The normalized spacial score (nSPS) is 18.9. The number of hydrogen-bond donors (Lipinski definition) is 2. The Morgan fingerprint density at radius 3 is 2.45 bits per heavy atom. The third-order valence-corrected chi connectivity index (χ3v) is 5.49. The number of benzene rings is 3. The zero-order valence-electron chi connectivity index (χ0n) is 16.4. The molecule has 0 aliphatic carbocycles. The molecule has 148 valence electrons. The molecule has 0 aromatic heterocycles. The number of nitrogens with one attached hydrogen (secondary N) is 1. The van der Waals surface area contributed by atoms with E-state index in [4.69, 9.17) is 21.3 Å². The van der Waals surface area contributed by atoms with Crippen LogP contribution >= 0.6 is 11.6 Å². The summed E-state index contributed by atoms with van der Waals surface area (Å²) in [6.45, 7) is 2.07. The maximum Gasteiger partial charge on any atom is 0.162 e. The number of methoxy groups -OCH3 is 1. The SMILES string of the molecule is COc1cccc([C@@H]2CC(c3ccc(Cl)cc3)=N[C@@H](c3ccc(C)cc3)N2)c1O. The fraction of sp³-hybridized carbons (Fsp3) is 0.208. The Hall–Kier alpha value is -2.82.